The van der Waals surface area contributed by atoms with Gasteiger partial charge in [0.15, 0.2) is 0 Å². The van der Waals surface area contributed by atoms with Crippen LogP contribution in [0.1, 0.15) is 40.0 Å². The molecule has 1 heterocycles. The highest BCUT2D eigenvalue weighted by atomic mass is 32.2. The van der Waals surface area contributed by atoms with E-state index in [1.54, 1.807) is 12.1 Å². The number of nitrogens with zero attached hydrogens (tertiary/aromatic N) is 2. The van der Waals surface area contributed by atoms with Gasteiger partial charge in [0.1, 0.15) is 0 Å². The molecule has 0 bridgehead atoms. The number of carbonyl (C=O) groups excluding carboxylic acids is 1. The molecule has 4 rings (SSSR count). The smallest absolute Gasteiger partial charge is 0.255 e. The summed E-state index contributed by atoms with van der Waals surface area (Å²) in [6.07, 6.45) is 1.19. The molecular weight excluding hydrogens is 396 g/mol. The molecule has 0 unspecified atom stereocenters. The fourth-order valence-corrected chi connectivity index (χ4v) is 4.72. The molecule has 154 valence electrons. The number of rotatable bonds is 6. The summed E-state index contributed by atoms with van der Waals surface area (Å²) in [5.41, 5.74) is 3.94. The first-order valence-corrected chi connectivity index (χ1v) is 11.7. The number of anilines is 1. The van der Waals surface area contributed by atoms with E-state index in [9.17, 15) is 13.2 Å². The fourth-order valence-electron chi connectivity index (χ4n) is 3.84. The van der Waals surface area contributed by atoms with Crippen LogP contribution < -0.4 is 4.31 Å². The summed E-state index contributed by atoms with van der Waals surface area (Å²) in [4.78, 5) is 15.0. The van der Waals surface area contributed by atoms with Crippen LogP contribution in [0, 0.1) is 0 Å². The second-order valence-corrected chi connectivity index (χ2v) is 9.52. The minimum absolute atomic E-state index is 0.0649. The molecule has 0 aliphatic carbocycles. The van der Waals surface area contributed by atoms with E-state index >= 15 is 0 Å². The Morgan fingerprint density at radius 3 is 2.23 bits per heavy atom. The highest BCUT2D eigenvalue weighted by Crippen LogP contribution is 2.34. The molecule has 0 saturated carbocycles. The van der Waals surface area contributed by atoms with Crippen molar-refractivity contribution in [2.45, 2.75) is 26.1 Å². The predicted molar refractivity (Wildman–Crippen MR) is 119 cm³/mol. The average molecular weight is 421 g/mol. The maximum atomic E-state index is 13.2. The topological polar surface area (TPSA) is 57.7 Å². The minimum Gasteiger partial charge on any atom is -0.328 e. The Hall–Kier alpha value is -3.12. The van der Waals surface area contributed by atoms with Gasteiger partial charge in [0.05, 0.1) is 24.5 Å². The average Bonchev–Trinajstić information content (AvgIpc) is 3.08. The quantitative estimate of drug-likeness (QED) is 0.595. The van der Waals surface area contributed by atoms with Gasteiger partial charge in [-0.25, -0.2) is 8.42 Å². The first kappa shape index (κ1) is 20.2. The number of carbonyl (C=O) groups is 1. The van der Waals surface area contributed by atoms with Crippen LogP contribution in [0.5, 0.6) is 0 Å². The van der Waals surface area contributed by atoms with E-state index in [1.807, 2.05) is 78.6 Å². The highest BCUT2D eigenvalue weighted by Gasteiger charge is 2.32. The van der Waals surface area contributed by atoms with Gasteiger partial charge in [-0.3, -0.25) is 9.10 Å². The summed E-state index contributed by atoms with van der Waals surface area (Å²) in [6, 6.07) is 24.6. The van der Waals surface area contributed by atoms with Crippen LogP contribution in [0.2, 0.25) is 0 Å². The number of hydrogen-bond acceptors (Lipinski definition) is 3. The van der Waals surface area contributed by atoms with Crippen LogP contribution in [-0.4, -0.2) is 25.5 Å². The van der Waals surface area contributed by atoms with Gasteiger partial charge in [-0.1, -0.05) is 66.7 Å². The zero-order valence-corrected chi connectivity index (χ0v) is 17.8. The molecule has 0 fully saturated rings. The summed E-state index contributed by atoms with van der Waals surface area (Å²) >= 11 is 0. The van der Waals surface area contributed by atoms with E-state index in [1.165, 1.54) is 10.6 Å². The van der Waals surface area contributed by atoms with Crippen LogP contribution in [0.3, 0.4) is 0 Å². The molecule has 3 aromatic carbocycles. The van der Waals surface area contributed by atoms with Crippen LogP contribution in [0.15, 0.2) is 78.9 Å². The van der Waals surface area contributed by atoms with Gasteiger partial charge in [0, 0.05) is 12.1 Å². The number of benzene rings is 3. The maximum Gasteiger partial charge on any atom is 0.255 e. The summed E-state index contributed by atoms with van der Waals surface area (Å²) < 4.78 is 26.4. The second-order valence-electron chi connectivity index (χ2n) is 7.62. The van der Waals surface area contributed by atoms with Crippen molar-refractivity contribution in [1.29, 1.82) is 0 Å². The lowest BCUT2D eigenvalue weighted by Crippen LogP contribution is -2.29. The maximum absolute atomic E-state index is 13.2. The van der Waals surface area contributed by atoms with Crippen molar-refractivity contribution < 1.29 is 13.2 Å². The molecule has 30 heavy (non-hydrogen) atoms. The number of amides is 1. The normalized spacial score (nSPS) is 14.5. The van der Waals surface area contributed by atoms with Crippen molar-refractivity contribution in [3.8, 4) is 0 Å². The molecule has 5 nitrogen and oxygen atoms in total. The van der Waals surface area contributed by atoms with E-state index in [0.29, 0.717) is 17.8 Å². The van der Waals surface area contributed by atoms with Gasteiger partial charge in [0.2, 0.25) is 10.0 Å². The molecule has 3 aromatic rings. The van der Waals surface area contributed by atoms with Crippen LogP contribution >= 0.6 is 0 Å². The Labute approximate surface area is 177 Å². The van der Waals surface area contributed by atoms with Crippen molar-refractivity contribution in [3.05, 3.63) is 101 Å². The lowest BCUT2D eigenvalue weighted by atomic mass is 10.1. The zero-order chi connectivity index (χ0) is 21.3. The zero-order valence-electron chi connectivity index (χ0n) is 17.0. The second kappa shape index (κ2) is 7.95. The van der Waals surface area contributed by atoms with Gasteiger partial charge in [-0.15, -0.1) is 0 Å². The molecule has 0 saturated heterocycles. The van der Waals surface area contributed by atoms with Crippen LogP contribution in [0.4, 0.5) is 5.69 Å². The first-order chi connectivity index (χ1) is 14.3. The highest BCUT2D eigenvalue weighted by molar-refractivity contribution is 7.92. The fraction of sp³-hybridized carbons (Fsp3) is 0.208. The number of sulfonamides is 1. The monoisotopic (exact) mass is 420 g/mol. The van der Waals surface area contributed by atoms with Crippen molar-refractivity contribution in [3.63, 3.8) is 0 Å². The van der Waals surface area contributed by atoms with Gasteiger partial charge < -0.3 is 4.90 Å². The Kier molecular flexibility index (Phi) is 5.35. The lowest BCUT2D eigenvalue weighted by Gasteiger charge is -2.24. The molecule has 1 aliphatic heterocycles. The van der Waals surface area contributed by atoms with E-state index in [2.05, 4.69) is 0 Å². The standard InChI is InChI=1S/C24H24N2O3S/c1-18(20-11-7-4-8-12-20)25-17-21-13-14-22(15-23(21)24(25)27)26(30(2,28)29)16-19-9-5-3-6-10-19/h3-15,18H,16-17H2,1-2H3/t18-/m1/s1. The largest absolute Gasteiger partial charge is 0.328 e. The van der Waals surface area contributed by atoms with Crippen molar-refractivity contribution >= 4 is 21.6 Å². The Balaban J connectivity index is 1.65. The molecule has 0 spiro atoms. The summed E-state index contributed by atoms with van der Waals surface area (Å²) in [5.74, 6) is -0.0728. The van der Waals surface area contributed by atoms with Crippen molar-refractivity contribution in [2.75, 3.05) is 10.6 Å². The molecular formula is C24H24N2O3S. The van der Waals surface area contributed by atoms with Crippen molar-refractivity contribution in [2.24, 2.45) is 0 Å². The van der Waals surface area contributed by atoms with E-state index in [4.69, 9.17) is 0 Å². The molecule has 1 atom stereocenters. The van der Waals surface area contributed by atoms with Gasteiger partial charge in [0.25, 0.3) is 5.91 Å². The Morgan fingerprint density at radius 1 is 0.967 bits per heavy atom. The SMILES string of the molecule is C[C@H](c1ccccc1)N1Cc2ccc(N(Cc3ccccc3)S(C)(=O)=O)cc2C1=O. The van der Waals surface area contributed by atoms with Gasteiger partial charge >= 0.3 is 0 Å². The van der Waals surface area contributed by atoms with Crippen molar-refractivity contribution in [1.82, 2.24) is 4.90 Å². The van der Waals surface area contributed by atoms with E-state index in [-0.39, 0.29) is 18.5 Å². The molecule has 0 radical (unpaired) electrons. The predicted octanol–water partition coefficient (Wildman–Crippen LogP) is 4.37. The van der Waals surface area contributed by atoms with Gasteiger partial charge in [-0.05, 0) is 35.7 Å². The third-order valence-corrected chi connectivity index (χ3v) is 6.67. The third kappa shape index (κ3) is 3.96. The summed E-state index contributed by atoms with van der Waals surface area (Å²) in [5, 5.41) is 0. The molecule has 6 heteroatoms. The number of fused-ring (bicyclic) bond motifs is 1. The Bertz CT molecular complexity index is 1160. The van der Waals surface area contributed by atoms with Crippen LogP contribution in [-0.2, 0) is 23.1 Å². The lowest BCUT2D eigenvalue weighted by molar-refractivity contribution is 0.0716. The number of hydrogen-bond donors (Lipinski definition) is 0. The van der Waals surface area contributed by atoms with Gasteiger partial charge in [-0.2, -0.15) is 0 Å². The summed E-state index contributed by atoms with van der Waals surface area (Å²) in [7, 11) is -3.52. The van der Waals surface area contributed by atoms with E-state index in [0.717, 1.165) is 16.7 Å². The molecule has 1 aliphatic rings. The third-order valence-electron chi connectivity index (χ3n) is 5.53. The Morgan fingerprint density at radius 2 is 1.60 bits per heavy atom. The summed E-state index contributed by atoms with van der Waals surface area (Å²) in [6.45, 7) is 2.75. The first-order valence-electron chi connectivity index (χ1n) is 9.85. The molecule has 0 aromatic heterocycles. The molecule has 0 N–H and O–H groups in total. The van der Waals surface area contributed by atoms with E-state index < -0.39 is 10.0 Å². The minimum atomic E-state index is -3.52. The molecule has 1 amide bonds. The van der Waals surface area contributed by atoms with Crippen LogP contribution in [0.25, 0.3) is 0 Å².